The highest BCUT2D eigenvalue weighted by atomic mass is 19.1. The van der Waals surface area contributed by atoms with Crippen LogP contribution in [0.2, 0.25) is 0 Å². The topological polar surface area (TPSA) is 0 Å². The van der Waals surface area contributed by atoms with Crippen molar-refractivity contribution in [1.82, 2.24) is 0 Å². The van der Waals surface area contributed by atoms with Gasteiger partial charge in [-0.2, -0.15) is 0 Å². The third-order valence-electron chi connectivity index (χ3n) is 2.91. The van der Waals surface area contributed by atoms with Crippen molar-refractivity contribution in [3.05, 3.63) is 35.9 Å². The third kappa shape index (κ3) is 1.90. The number of rotatable bonds is 1. The summed E-state index contributed by atoms with van der Waals surface area (Å²) < 4.78 is 13.5. The van der Waals surface area contributed by atoms with Gasteiger partial charge in [0.2, 0.25) is 0 Å². The summed E-state index contributed by atoms with van der Waals surface area (Å²) in [5.74, 6) is 0.162. The van der Waals surface area contributed by atoms with Crippen molar-refractivity contribution in [2.45, 2.75) is 37.8 Å². The molecular weight excluding hydrogens is 163 g/mol. The maximum atomic E-state index is 13.5. The van der Waals surface area contributed by atoms with Crippen LogP contribution < -0.4 is 0 Å². The lowest BCUT2D eigenvalue weighted by atomic mass is 9.83. The van der Waals surface area contributed by atoms with E-state index in [0.717, 1.165) is 19.3 Å². The van der Waals surface area contributed by atoms with Gasteiger partial charge in [0.15, 0.2) is 0 Å². The van der Waals surface area contributed by atoms with Crippen molar-refractivity contribution in [3.63, 3.8) is 0 Å². The van der Waals surface area contributed by atoms with Crippen LogP contribution >= 0.6 is 0 Å². The zero-order valence-corrected chi connectivity index (χ0v) is 7.75. The van der Waals surface area contributed by atoms with Gasteiger partial charge in [-0.05, 0) is 18.4 Å². The SMILES string of the molecule is FC1CCCC[C@H]1c1ccccc1. The molecule has 0 aliphatic heterocycles. The first-order chi connectivity index (χ1) is 6.38. The highest BCUT2D eigenvalue weighted by Gasteiger charge is 2.25. The Labute approximate surface area is 78.8 Å². The van der Waals surface area contributed by atoms with Gasteiger partial charge in [0, 0.05) is 5.92 Å². The maximum absolute atomic E-state index is 13.5. The van der Waals surface area contributed by atoms with Crippen LogP contribution in [0.25, 0.3) is 0 Å². The Morgan fingerprint density at radius 2 is 1.69 bits per heavy atom. The Morgan fingerprint density at radius 3 is 2.38 bits per heavy atom. The fourth-order valence-electron chi connectivity index (χ4n) is 2.16. The molecule has 0 radical (unpaired) electrons. The van der Waals surface area contributed by atoms with Crippen molar-refractivity contribution in [3.8, 4) is 0 Å². The van der Waals surface area contributed by atoms with Crippen molar-refractivity contribution in [2.24, 2.45) is 0 Å². The lowest BCUT2D eigenvalue weighted by molar-refractivity contribution is 0.216. The van der Waals surface area contributed by atoms with E-state index in [4.69, 9.17) is 0 Å². The van der Waals surface area contributed by atoms with Gasteiger partial charge < -0.3 is 0 Å². The molecule has 13 heavy (non-hydrogen) atoms. The Kier molecular flexibility index (Phi) is 2.62. The molecule has 0 nitrogen and oxygen atoms in total. The number of hydrogen-bond donors (Lipinski definition) is 0. The average molecular weight is 178 g/mol. The van der Waals surface area contributed by atoms with Crippen molar-refractivity contribution in [1.29, 1.82) is 0 Å². The Balaban J connectivity index is 2.15. The molecule has 0 N–H and O–H groups in total. The number of benzene rings is 1. The Morgan fingerprint density at radius 1 is 1.00 bits per heavy atom. The summed E-state index contributed by atoms with van der Waals surface area (Å²) in [6.07, 6.45) is 3.39. The van der Waals surface area contributed by atoms with E-state index in [-0.39, 0.29) is 5.92 Å². The van der Waals surface area contributed by atoms with E-state index < -0.39 is 6.17 Å². The minimum atomic E-state index is -0.615. The second-order valence-corrected chi connectivity index (χ2v) is 3.82. The molecule has 0 heterocycles. The van der Waals surface area contributed by atoms with Gasteiger partial charge in [0.25, 0.3) is 0 Å². The molecule has 0 spiro atoms. The van der Waals surface area contributed by atoms with Crippen LogP contribution in [0.4, 0.5) is 4.39 Å². The molecule has 0 saturated heterocycles. The molecule has 2 rings (SSSR count). The van der Waals surface area contributed by atoms with Crippen molar-refractivity contribution >= 4 is 0 Å². The predicted molar refractivity (Wildman–Crippen MR) is 52.5 cm³/mol. The molecule has 1 saturated carbocycles. The van der Waals surface area contributed by atoms with Gasteiger partial charge >= 0.3 is 0 Å². The lowest BCUT2D eigenvalue weighted by Crippen LogP contribution is -2.18. The van der Waals surface area contributed by atoms with Gasteiger partial charge in [0.05, 0.1) is 0 Å². The quantitative estimate of drug-likeness (QED) is 0.615. The van der Waals surface area contributed by atoms with E-state index in [1.807, 2.05) is 30.3 Å². The maximum Gasteiger partial charge on any atom is 0.107 e. The van der Waals surface area contributed by atoms with Crippen LogP contribution in [0.1, 0.15) is 37.2 Å². The van der Waals surface area contributed by atoms with Crippen LogP contribution in [-0.4, -0.2) is 6.17 Å². The van der Waals surface area contributed by atoms with Crippen LogP contribution in [0, 0.1) is 0 Å². The van der Waals surface area contributed by atoms with E-state index in [1.165, 1.54) is 12.0 Å². The molecular formula is C12H15F. The number of hydrogen-bond acceptors (Lipinski definition) is 0. The standard InChI is InChI=1S/C12H15F/c13-12-9-5-4-8-11(12)10-6-2-1-3-7-10/h1-3,6-7,11-12H,4-5,8-9H2/t11-,12?/m0/s1. The normalized spacial score (nSPS) is 28.7. The van der Waals surface area contributed by atoms with Crippen LogP contribution in [0.15, 0.2) is 30.3 Å². The minimum Gasteiger partial charge on any atom is -0.247 e. The second kappa shape index (κ2) is 3.91. The zero-order valence-electron chi connectivity index (χ0n) is 7.75. The minimum absolute atomic E-state index is 0.162. The van der Waals surface area contributed by atoms with E-state index in [9.17, 15) is 4.39 Å². The molecule has 1 heteroatoms. The summed E-state index contributed by atoms with van der Waals surface area (Å²) in [6, 6.07) is 10.1. The summed E-state index contributed by atoms with van der Waals surface area (Å²) in [5.41, 5.74) is 1.18. The monoisotopic (exact) mass is 178 g/mol. The smallest absolute Gasteiger partial charge is 0.107 e. The molecule has 1 aromatic carbocycles. The van der Waals surface area contributed by atoms with Gasteiger partial charge in [-0.3, -0.25) is 0 Å². The Hall–Kier alpha value is -0.850. The molecule has 70 valence electrons. The average Bonchev–Trinajstić information content (AvgIpc) is 2.20. The van der Waals surface area contributed by atoms with E-state index in [2.05, 4.69) is 0 Å². The van der Waals surface area contributed by atoms with Gasteiger partial charge in [-0.1, -0.05) is 43.2 Å². The van der Waals surface area contributed by atoms with Crippen LogP contribution in [0.5, 0.6) is 0 Å². The Bertz CT molecular complexity index is 255. The third-order valence-corrected chi connectivity index (χ3v) is 2.91. The summed E-state index contributed by atoms with van der Waals surface area (Å²) >= 11 is 0. The fourth-order valence-corrected chi connectivity index (χ4v) is 2.16. The summed E-state index contributed by atoms with van der Waals surface area (Å²) in [5, 5.41) is 0. The molecule has 1 unspecified atom stereocenters. The summed E-state index contributed by atoms with van der Waals surface area (Å²) in [6.45, 7) is 0. The molecule has 1 aliphatic carbocycles. The van der Waals surface area contributed by atoms with Gasteiger partial charge in [0.1, 0.15) is 6.17 Å². The molecule has 2 atom stereocenters. The van der Waals surface area contributed by atoms with Crippen LogP contribution in [0.3, 0.4) is 0 Å². The molecule has 1 aliphatic rings. The molecule has 1 fully saturated rings. The number of halogens is 1. The number of alkyl halides is 1. The fraction of sp³-hybridized carbons (Fsp3) is 0.500. The largest absolute Gasteiger partial charge is 0.247 e. The van der Waals surface area contributed by atoms with Crippen LogP contribution in [-0.2, 0) is 0 Å². The second-order valence-electron chi connectivity index (χ2n) is 3.82. The zero-order chi connectivity index (χ0) is 9.10. The van der Waals surface area contributed by atoms with E-state index in [1.54, 1.807) is 0 Å². The van der Waals surface area contributed by atoms with Crippen molar-refractivity contribution in [2.75, 3.05) is 0 Å². The lowest BCUT2D eigenvalue weighted by Gasteiger charge is -2.25. The van der Waals surface area contributed by atoms with Gasteiger partial charge in [-0.15, -0.1) is 0 Å². The van der Waals surface area contributed by atoms with Gasteiger partial charge in [-0.25, -0.2) is 4.39 Å². The summed E-state index contributed by atoms with van der Waals surface area (Å²) in [7, 11) is 0. The first-order valence-electron chi connectivity index (χ1n) is 5.07. The van der Waals surface area contributed by atoms with E-state index >= 15 is 0 Å². The first-order valence-corrected chi connectivity index (χ1v) is 5.07. The highest BCUT2D eigenvalue weighted by Crippen LogP contribution is 2.34. The van der Waals surface area contributed by atoms with E-state index in [0.29, 0.717) is 0 Å². The first kappa shape index (κ1) is 8.74. The van der Waals surface area contributed by atoms with Crippen molar-refractivity contribution < 1.29 is 4.39 Å². The molecule has 0 aromatic heterocycles. The molecule has 0 amide bonds. The molecule has 1 aromatic rings. The summed E-state index contributed by atoms with van der Waals surface area (Å²) in [4.78, 5) is 0. The molecule has 0 bridgehead atoms. The highest BCUT2D eigenvalue weighted by molar-refractivity contribution is 5.21. The predicted octanol–water partition coefficient (Wildman–Crippen LogP) is 3.68.